The Morgan fingerprint density at radius 3 is 1.25 bits per heavy atom. The quantitative estimate of drug-likeness (QED) is 0.275. The molecule has 0 rings (SSSR count). The minimum absolute atomic E-state index is 0. The molecule has 0 aliphatic heterocycles. The fraction of sp³-hybridized carbons (Fsp3) is 1.00. The Labute approximate surface area is 77.0 Å². The first kappa shape index (κ1) is 16.4. The first-order valence-electron chi connectivity index (χ1n) is 0.183. The normalized spacial score (nSPS) is 1.00. The van der Waals surface area contributed by atoms with E-state index in [1.54, 1.807) is 0 Å². The van der Waals surface area contributed by atoms with Gasteiger partial charge < -0.3 is 19.8 Å². The monoisotopic (exact) mass is 118 g/mol. The molecule has 0 aromatic carbocycles. The summed E-state index contributed by atoms with van der Waals surface area (Å²) >= 11 is 3.78. The van der Waals surface area contributed by atoms with Gasteiger partial charge in [-0.2, -0.15) is 0 Å². The van der Waals surface area contributed by atoms with Gasteiger partial charge in [0.1, 0.15) is 0 Å². The van der Waals surface area contributed by atoms with Gasteiger partial charge in [-0.3, -0.25) is 0 Å². The van der Waals surface area contributed by atoms with Gasteiger partial charge in [0.2, 0.25) is 0 Å². The van der Waals surface area contributed by atoms with Crippen molar-refractivity contribution >= 4 is 19.8 Å². The van der Waals surface area contributed by atoms with E-state index in [4.69, 9.17) is 0 Å². The topological polar surface area (TPSA) is 0 Å². The van der Waals surface area contributed by atoms with Crippen LogP contribution in [0.4, 0.5) is 0 Å². The van der Waals surface area contributed by atoms with Crippen molar-refractivity contribution in [3.05, 3.63) is 0 Å². The van der Waals surface area contributed by atoms with E-state index >= 15 is 0 Å². The fourth-order valence-corrected chi connectivity index (χ4v) is 0. The van der Waals surface area contributed by atoms with Crippen molar-refractivity contribution < 1.29 is 51.4 Å². The molecule has 0 saturated heterocycles. The number of rotatable bonds is 0. The van der Waals surface area contributed by atoms with Gasteiger partial charge in [-0.25, -0.2) is 0 Å². The molecule has 0 amide bonds. The van der Waals surface area contributed by atoms with Crippen molar-refractivity contribution in [3.63, 3.8) is 0 Å². The molecule has 0 aromatic heterocycles. The van der Waals surface area contributed by atoms with E-state index < -0.39 is 0 Å². The molecule has 3 heteroatoms. The summed E-state index contributed by atoms with van der Waals surface area (Å²) in [6.07, 6.45) is 0. The second-order valence-electron chi connectivity index (χ2n) is 0. The molecule has 4 heavy (non-hydrogen) atoms. The van der Waals surface area contributed by atoms with E-state index in [0.717, 1.165) is 0 Å². The predicted octanol–water partition coefficient (Wildman–Crippen LogP) is -1.50. The molecule has 0 aliphatic rings. The maximum absolute atomic E-state index is 3.78. The molecule has 0 aliphatic carbocycles. The first-order chi connectivity index (χ1) is 1.00. The third-order valence-corrected chi connectivity index (χ3v) is 0. The summed E-state index contributed by atoms with van der Waals surface area (Å²) in [5.41, 5.74) is 0. The smallest absolute Gasteiger partial charge is 0.645 e. The average Bonchev–Trinajstić information content (AvgIpc) is 1.00. The molecule has 0 heterocycles. The van der Waals surface area contributed by atoms with Crippen LogP contribution in [-0.2, 0) is 11.8 Å². The van der Waals surface area contributed by atoms with Gasteiger partial charge in [0.15, 0.2) is 0 Å². The third-order valence-electron chi connectivity index (χ3n) is 0. The molecule has 0 spiro atoms. The van der Waals surface area contributed by atoms with E-state index in [1.165, 1.54) is 0 Å². The Morgan fingerprint density at radius 1 is 1.25 bits per heavy atom. The molecule has 0 radical (unpaired) electrons. The van der Waals surface area contributed by atoms with Gasteiger partial charge in [-0.15, -0.1) is 0 Å². The fourth-order valence-electron chi connectivity index (χ4n) is 0. The van der Waals surface area contributed by atoms with Crippen molar-refractivity contribution in [2.75, 3.05) is 0 Å². The van der Waals surface area contributed by atoms with Gasteiger partial charge in [-0.1, -0.05) is 7.43 Å². The second kappa shape index (κ2) is 19.2. The minimum Gasteiger partial charge on any atom is -0.645 e. The summed E-state index contributed by atoms with van der Waals surface area (Å²) in [6, 6.07) is 0. The van der Waals surface area contributed by atoms with Gasteiger partial charge in [-0.05, 0) is 0 Å². The second-order valence-corrected chi connectivity index (χ2v) is 0. The van der Waals surface area contributed by atoms with Crippen LogP contribution >= 0.6 is 8.02 Å². The van der Waals surface area contributed by atoms with E-state index in [0.29, 0.717) is 0 Å². The Kier molecular flexibility index (Phi) is 78.7. The average molecular weight is 118 g/mol. The Balaban J connectivity index is -0.00000000500. The van der Waals surface area contributed by atoms with Crippen LogP contribution in [0.2, 0.25) is 0 Å². The van der Waals surface area contributed by atoms with Crippen LogP contribution in [0.25, 0.3) is 0 Å². The van der Waals surface area contributed by atoms with Crippen LogP contribution in [0.5, 0.6) is 0 Å². The Morgan fingerprint density at radius 2 is 1.25 bits per heavy atom. The Bertz CT molecular complexity index is 8.00. The van der Waals surface area contributed by atoms with Crippen LogP contribution in [0.3, 0.4) is 0 Å². The van der Waals surface area contributed by atoms with Crippen LogP contribution in [0, 0.1) is 0 Å². The molecule has 0 unspecified atom stereocenters. The van der Waals surface area contributed by atoms with E-state index in [-0.39, 0.29) is 58.8 Å². The summed E-state index contributed by atoms with van der Waals surface area (Å²) in [7, 11) is 3.11. The molecule has 0 aromatic rings. The SMILES string of the molecule is C.[K+].[P-]=S. The van der Waals surface area contributed by atoms with Crippen molar-refractivity contribution in [3.8, 4) is 0 Å². The predicted molar refractivity (Wildman–Crippen MR) is 21.0 cm³/mol. The van der Waals surface area contributed by atoms with Crippen LogP contribution in [0.15, 0.2) is 0 Å². The van der Waals surface area contributed by atoms with Crippen molar-refractivity contribution in [2.24, 2.45) is 0 Å². The molecular weight excluding hydrogens is 114 g/mol. The summed E-state index contributed by atoms with van der Waals surface area (Å²) in [5, 5.41) is 0. The first-order valence-corrected chi connectivity index (χ1v) is 1.64. The number of hydrogen-bond acceptors (Lipinski definition) is 1. The van der Waals surface area contributed by atoms with Gasteiger partial charge in [0, 0.05) is 0 Å². The van der Waals surface area contributed by atoms with E-state index in [2.05, 4.69) is 19.8 Å². The molecule has 0 saturated carbocycles. The van der Waals surface area contributed by atoms with Gasteiger partial charge in [0.05, 0.1) is 0 Å². The summed E-state index contributed by atoms with van der Waals surface area (Å²) in [4.78, 5) is 0. The molecule has 0 nitrogen and oxygen atoms in total. The van der Waals surface area contributed by atoms with Crippen molar-refractivity contribution in [2.45, 2.75) is 7.43 Å². The van der Waals surface area contributed by atoms with Crippen LogP contribution in [-0.4, -0.2) is 0 Å². The number of hydrogen-bond donors (Lipinski definition) is 0. The van der Waals surface area contributed by atoms with E-state index in [9.17, 15) is 0 Å². The maximum Gasteiger partial charge on any atom is 1.00 e. The zero-order valence-corrected chi connectivity index (χ0v) is 6.69. The van der Waals surface area contributed by atoms with Crippen LogP contribution < -0.4 is 51.4 Å². The molecule has 0 atom stereocenters. The Hall–Kier alpha value is 2.16. The molecule has 20 valence electrons. The van der Waals surface area contributed by atoms with Gasteiger partial charge in [0.25, 0.3) is 0 Å². The molecule has 0 N–H and O–H groups in total. The van der Waals surface area contributed by atoms with Crippen LogP contribution in [0.1, 0.15) is 7.43 Å². The summed E-state index contributed by atoms with van der Waals surface area (Å²) < 4.78 is 0. The zero-order chi connectivity index (χ0) is 2.00. The summed E-state index contributed by atoms with van der Waals surface area (Å²) in [6.45, 7) is 0. The van der Waals surface area contributed by atoms with Crippen molar-refractivity contribution in [1.82, 2.24) is 0 Å². The molecule has 0 bridgehead atoms. The molecule has 0 fully saturated rings. The largest absolute Gasteiger partial charge is 1.00 e. The van der Waals surface area contributed by atoms with E-state index in [1.807, 2.05) is 0 Å². The minimum atomic E-state index is 0. The molecular formula is CH4KPS. The van der Waals surface area contributed by atoms with Crippen molar-refractivity contribution in [1.29, 1.82) is 0 Å². The third kappa shape index (κ3) is 8.91. The maximum atomic E-state index is 3.78. The van der Waals surface area contributed by atoms with Gasteiger partial charge >= 0.3 is 51.4 Å². The zero-order valence-electron chi connectivity index (χ0n) is 1.86. The standard InChI is InChI=1S/CH4.K.PS/c;;1-2/h1H4;;/q;+1;-1. The summed E-state index contributed by atoms with van der Waals surface area (Å²) in [5.74, 6) is 0.